The van der Waals surface area contributed by atoms with Crippen LogP contribution in [0.15, 0.2) is 34.1 Å². The number of halogens is 1. The highest BCUT2D eigenvalue weighted by molar-refractivity contribution is 7.09. The van der Waals surface area contributed by atoms with E-state index in [0.717, 1.165) is 5.69 Å². The number of nitrogens with one attached hydrogen (secondary N) is 2. The highest BCUT2D eigenvalue weighted by atomic mass is 35.5. The fourth-order valence-corrected chi connectivity index (χ4v) is 3.11. The van der Waals surface area contributed by atoms with E-state index in [2.05, 4.69) is 15.8 Å². The Hall–Kier alpha value is -2.91. The Balaban J connectivity index is 1.45. The molecule has 0 saturated heterocycles. The number of fused-ring (bicyclic) bond motifs is 1. The van der Waals surface area contributed by atoms with Gasteiger partial charge < -0.3 is 9.15 Å². The van der Waals surface area contributed by atoms with E-state index in [0.29, 0.717) is 21.0 Å². The minimum absolute atomic E-state index is 0.0418. The molecule has 0 fully saturated rings. The van der Waals surface area contributed by atoms with Crippen molar-refractivity contribution in [3.05, 3.63) is 51.1 Å². The zero-order chi connectivity index (χ0) is 19.4. The average Bonchev–Trinajstić information content (AvgIpc) is 3.23. The zero-order valence-corrected chi connectivity index (χ0v) is 15.6. The molecule has 8 nitrogen and oxygen atoms in total. The second-order valence-corrected chi connectivity index (χ2v) is 6.90. The Morgan fingerprint density at radius 2 is 2.00 bits per heavy atom. The first-order valence-electron chi connectivity index (χ1n) is 7.75. The number of carbonyl (C=O) groups is 3. The Morgan fingerprint density at radius 1 is 1.22 bits per heavy atom. The van der Waals surface area contributed by atoms with Gasteiger partial charge in [0.15, 0.2) is 6.61 Å². The number of ether oxygens (including phenoxy) is 1. The molecule has 0 bridgehead atoms. The third-order valence-corrected chi connectivity index (χ3v) is 4.54. The number of esters is 1. The number of amides is 2. The summed E-state index contributed by atoms with van der Waals surface area (Å²) in [6.07, 6.45) is 0.0418. The lowest BCUT2D eigenvalue weighted by Crippen LogP contribution is -2.44. The molecular formula is C17H14ClN3O5S. The lowest BCUT2D eigenvalue weighted by atomic mass is 10.2. The number of aryl methyl sites for hydroxylation is 1. The van der Waals surface area contributed by atoms with Crippen LogP contribution in [-0.4, -0.2) is 29.4 Å². The van der Waals surface area contributed by atoms with E-state index in [9.17, 15) is 14.4 Å². The molecule has 1 aromatic carbocycles. The molecule has 0 atom stereocenters. The van der Waals surface area contributed by atoms with Crippen molar-refractivity contribution in [1.29, 1.82) is 0 Å². The molecule has 0 aliphatic rings. The highest BCUT2D eigenvalue weighted by Gasteiger charge is 2.16. The van der Waals surface area contributed by atoms with Crippen molar-refractivity contribution in [1.82, 2.24) is 15.8 Å². The Kier molecular flexibility index (Phi) is 5.72. The number of thiazole rings is 1. The predicted molar refractivity (Wildman–Crippen MR) is 98.3 cm³/mol. The summed E-state index contributed by atoms with van der Waals surface area (Å²) in [7, 11) is 0. The van der Waals surface area contributed by atoms with Crippen LogP contribution in [0.5, 0.6) is 0 Å². The van der Waals surface area contributed by atoms with Crippen molar-refractivity contribution in [3.8, 4) is 0 Å². The van der Waals surface area contributed by atoms with Crippen molar-refractivity contribution >= 4 is 51.7 Å². The summed E-state index contributed by atoms with van der Waals surface area (Å²) < 4.78 is 10.2. The molecule has 2 N–H and O–H groups in total. The summed E-state index contributed by atoms with van der Waals surface area (Å²) in [5.41, 5.74) is 5.69. The largest absolute Gasteiger partial charge is 0.450 e. The molecule has 0 radical (unpaired) electrons. The second kappa shape index (κ2) is 8.19. The Morgan fingerprint density at radius 3 is 2.74 bits per heavy atom. The van der Waals surface area contributed by atoms with E-state index in [1.807, 2.05) is 12.3 Å². The third kappa shape index (κ3) is 5.05. The average molecular weight is 408 g/mol. The molecule has 3 rings (SSSR count). The zero-order valence-electron chi connectivity index (χ0n) is 14.1. The first kappa shape index (κ1) is 18.9. The fraction of sp³-hybridized carbons (Fsp3) is 0.176. The van der Waals surface area contributed by atoms with E-state index in [4.69, 9.17) is 20.8 Å². The predicted octanol–water partition coefficient (Wildman–Crippen LogP) is 2.40. The maximum absolute atomic E-state index is 12.0. The number of rotatable bonds is 5. The highest BCUT2D eigenvalue weighted by Crippen LogP contribution is 2.23. The summed E-state index contributed by atoms with van der Waals surface area (Å²) >= 11 is 7.23. The van der Waals surface area contributed by atoms with Gasteiger partial charge in [-0.1, -0.05) is 11.6 Å². The monoisotopic (exact) mass is 407 g/mol. The van der Waals surface area contributed by atoms with Crippen LogP contribution < -0.4 is 10.9 Å². The van der Waals surface area contributed by atoms with Crippen molar-refractivity contribution < 1.29 is 23.5 Å². The van der Waals surface area contributed by atoms with Gasteiger partial charge in [-0.15, -0.1) is 11.3 Å². The fourth-order valence-electron chi connectivity index (χ4n) is 2.16. The van der Waals surface area contributed by atoms with Crippen molar-refractivity contribution in [3.63, 3.8) is 0 Å². The Bertz CT molecular complexity index is 1010. The maximum Gasteiger partial charge on any atom is 0.374 e. The molecular weight excluding hydrogens is 394 g/mol. The van der Waals surface area contributed by atoms with Crippen LogP contribution in [-0.2, 0) is 20.7 Å². The van der Waals surface area contributed by atoms with Gasteiger partial charge in [0.05, 0.1) is 6.42 Å². The lowest BCUT2D eigenvalue weighted by molar-refractivity contribution is -0.130. The molecule has 2 heterocycles. The van der Waals surface area contributed by atoms with E-state index < -0.39 is 24.4 Å². The first-order valence-corrected chi connectivity index (χ1v) is 9.01. The molecule has 0 saturated carbocycles. The molecule has 2 amide bonds. The van der Waals surface area contributed by atoms with Crippen LogP contribution in [0, 0.1) is 6.92 Å². The maximum atomic E-state index is 12.0. The number of hydrazine groups is 1. The molecule has 27 heavy (non-hydrogen) atoms. The molecule has 10 heteroatoms. The van der Waals surface area contributed by atoms with E-state index in [1.54, 1.807) is 18.2 Å². The van der Waals surface area contributed by atoms with E-state index in [1.165, 1.54) is 17.4 Å². The summed E-state index contributed by atoms with van der Waals surface area (Å²) in [4.78, 5) is 39.5. The van der Waals surface area contributed by atoms with Crippen molar-refractivity contribution in [2.75, 3.05) is 6.61 Å². The minimum atomic E-state index is -0.804. The van der Waals surface area contributed by atoms with Crippen LogP contribution in [0.4, 0.5) is 0 Å². The molecule has 140 valence electrons. The SMILES string of the molecule is Cc1csc(CC(=O)NNC(=O)COC(=O)c2cc3cc(Cl)ccc3o2)n1. The van der Waals surface area contributed by atoms with Gasteiger partial charge in [0, 0.05) is 21.5 Å². The molecule has 2 aromatic heterocycles. The number of benzene rings is 1. The topological polar surface area (TPSA) is 111 Å². The standard InChI is InChI=1S/C17H14ClN3O5S/c1-9-8-27-16(19-9)6-14(22)20-21-15(23)7-25-17(24)13-5-10-4-11(18)2-3-12(10)26-13/h2-5,8H,6-7H2,1H3,(H,20,22)(H,21,23). The number of hydrogen-bond donors (Lipinski definition) is 2. The molecule has 0 spiro atoms. The van der Waals surface area contributed by atoms with Gasteiger partial charge in [-0.3, -0.25) is 20.4 Å². The van der Waals surface area contributed by atoms with Gasteiger partial charge >= 0.3 is 5.97 Å². The quantitative estimate of drug-likeness (QED) is 0.496. The summed E-state index contributed by atoms with van der Waals surface area (Å²) in [5, 5.41) is 3.61. The smallest absolute Gasteiger partial charge is 0.374 e. The lowest BCUT2D eigenvalue weighted by Gasteiger charge is -2.06. The molecule has 0 aliphatic heterocycles. The number of nitrogens with zero attached hydrogens (tertiary/aromatic N) is 1. The first-order chi connectivity index (χ1) is 12.9. The number of carbonyl (C=O) groups excluding carboxylic acids is 3. The number of aromatic nitrogens is 1. The van der Waals surface area contributed by atoms with Gasteiger partial charge in [0.25, 0.3) is 5.91 Å². The normalized spacial score (nSPS) is 10.6. The summed E-state index contributed by atoms with van der Waals surface area (Å²) in [6.45, 7) is 1.25. The van der Waals surface area contributed by atoms with Gasteiger partial charge in [-0.2, -0.15) is 0 Å². The van der Waals surface area contributed by atoms with Gasteiger partial charge in [-0.25, -0.2) is 9.78 Å². The molecule has 0 unspecified atom stereocenters. The van der Waals surface area contributed by atoms with Crippen LogP contribution >= 0.6 is 22.9 Å². The van der Waals surface area contributed by atoms with Gasteiger partial charge in [-0.05, 0) is 31.2 Å². The van der Waals surface area contributed by atoms with Gasteiger partial charge in [0.1, 0.15) is 10.6 Å². The van der Waals surface area contributed by atoms with Crippen LogP contribution in [0.1, 0.15) is 21.3 Å². The van der Waals surface area contributed by atoms with Crippen molar-refractivity contribution in [2.24, 2.45) is 0 Å². The molecule has 0 aliphatic carbocycles. The second-order valence-electron chi connectivity index (χ2n) is 5.52. The van der Waals surface area contributed by atoms with Gasteiger partial charge in [0.2, 0.25) is 11.7 Å². The molecule has 3 aromatic rings. The minimum Gasteiger partial charge on any atom is -0.450 e. The number of furan rings is 1. The summed E-state index contributed by atoms with van der Waals surface area (Å²) in [6, 6.07) is 6.37. The van der Waals surface area contributed by atoms with Crippen molar-refractivity contribution in [2.45, 2.75) is 13.3 Å². The Labute approximate surface area is 162 Å². The van der Waals surface area contributed by atoms with Crippen LogP contribution in [0.3, 0.4) is 0 Å². The third-order valence-electron chi connectivity index (χ3n) is 3.33. The number of hydrogen-bond acceptors (Lipinski definition) is 7. The van der Waals surface area contributed by atoms with Crippen LogP contribution in [0.2, 0.25) is 5.02 Å². The van der Waals surface area contributed by atoms with Crippen LogP contribution in [0.25, 0.3) is 11.0 Å². The van der Waals surface area contributed by atoms with E-state index >= 15 is 0 Å². The van der Waals surface area contributed by atoms with E-state index in [-0.39, 0.29) is 12.2 Å². The summed E-state index contributed by atoms with van der Waals surface area (Å²) in [5.74, 6) is -1.98.